The Bertz CT molecular complexity index is 1050. The maximum atomic E-state index is 14.9. The molecule has 0 aromatic heterocycles. The van der Waals surface area contributed by atoms with Crippen LogP contribution in [0.4, 0.5) is 13.2 Å². The average Bonchev–Trinajstić information content (AvgIpc) is 2.79. The van der Waals surface area contributed by atoms with Crippen molar-refractivity contribution >= 4 is 0 Å². The Morgan fingerprint density at radius 1 is 0.935 bits per heavy atom. The Morgan fingerprint density at radius 3 is 2.45 bits per heavy atom. The predicted molar refractivity (Wildman–Crippen MR) is 118 cm³/mol. The molecule has 4 heteroatoms. The van der Waals surface area contributed by atoms with Gasteiger partial charge in [-0.15, -0.1) is 13.2 Å². The predicted octanol–water partition coefficient (Wildman–Crippen LogP) is 7.76. The van der Waals surface area contributed by atoms with E-state index < -0.39 is 17.5 Å². The molecule has 31 heavy (non-hydrogen) atoms. The minimum Gasteiger partial charge on any atom is -0.450 e. The van der Waals surface area contributed by atoms with Crippen molar-refractivity contribution in [1.29, 1.82) is 0 Å². The number of rotatable bonds is 7. The molecule has 0 saturated carbocycles. The summed E-state index contributed by atoms with van der Waals surface area (Å²) in [7, 11) is 0. The smallest absolute Gasteiger partial charge is 0.201 e. The van der Waals surface area contributed by atoms with Gasteiger partial charge >= 0.3 is 0 Å². The molecule has 162 valence electrons. The third-order valence-corrected chi connectivity index (χ3v) is 6.37. The van der Waals surface area contributed by atoms with E-state index in [0.717, 1.165) is 19.3 Å². The molecule has 1 unspecified atom stereocenters. The topological polar surface area (TPSA) is 9.23 Å². The third kappa shape index (κ3) is 4.34. The Labute approximate surface area is 181 Å². The fraction of sp³-hybridized carbons (Fsp3) is 0.333. The van der Waals surface area contributed by atoms with Crippen molar-refractivity contribution < 1.29 is 17.9 Å². The van der Waals surface area contributed by atoms with Crippen LogP contribution in [0.2, 0.25) is 0 Å². The van der Waals surface area contributed by atoms with Gasteiger partial charge in [0.25, 0.3) is 0 Å². The van der Waals surface area contributed by atoms with E-state index in [4.69, 9.17) is 4.74 Å². The summed E-state index contributed by atoms with van der Waals surface area (Å²) in [5.74, 6) is -2.11. The summed E-state index contributed by atoms with van der Waals surface area (Å²) in [6.45, 7) is 7.50. The Hall–Kier alpha value is -2.75. The van der Waals surface area contributed by atoms with E-state index >= 15 is 0 Å². The molecule has 0 fully saturated rings. The van der Waals surface area contributed by atoms with Crippen LogP contribution in [0.1, 0.15) is 54.4 Å². The van der Waals surface area contributed by atoms with Crippen molar-refractivity contribution in [2.75, 3.05) is 0 Å². The molecule has 2 aromatic rings. The van der Waals surface area contributed by atoms with Crippen LogP contribution < -0.4 is 4.74 Å². The fourth-order valence-corrected chi connectivity index (χ4v) is 4.43. The van der Waals surface area contributed by atoms with Crippen molar-refractivity contribution in [3.05, 3.63) is 94.9 Å². The lowest BCUT2D eigenvalue weighted by atomic mass is 9.87. The number of hydrogen-bond acceptors (Lipinski definition) is 1. The summed E-state index contributed by atoms with van der Waals surface area (Å²) < 4.78 is 50.1. The first-order chi connectivity index (χ1) is 15.0. The lowest BCUT2D eigenvalue weighted by Crippen LogP contribution is -2.11. The van der Waals surface area contributed by atoms with Crippen LogP contribution in [-0.2, 0) is 19.3 Å². The van der Waals surface area contributed by atoms with Gasteiger partial charge in [0, 0.05) is 17.5 Å². The number of fused-ring (bicyclic) bond motifs is 2. The molecular weight excluding hydrogens is 397 g/mol. The summed E-state index contributed by atoms with van der Waals surface area (Å²) in [5.41, 5.74) is 3.32. The molecule has 0 radical (unpaired) electrons. The van der Waals surface area contributed by atoms with Crippen LogP contribution in [0.3, 0.4) is 0 Å². The summed E-state index contributed by atoms with van der Waals surface area (Å²) >= 11 is 0. The normalized spacial score (nSPS) is 17.3. The second-order valence-corrected chi connectivity index (χ2v) is 8.42. The van der Waals surface area contributed by atoms with Gasteiger partial charge < -0.3 is 4.74 Å². The molecule has 1 aliphatic heterocycles. The average molecular weight is 425 g/mol. The van der Waals surface area contributed by atoms with E-state index in [0.29, 0.717) is 60.3 Å². The summed E-state index contributed by atoms with van der Waals surface area (Å²) in [5, 5.41) is 0. The SMILES string of the molecule is C=CCCc1ccc2c(c1F)Oc1c(cc(CCC3=CCC(C=C)CC3)c(F)c1F)C2. The quantitative estimate of drug-likeness (QED) is 0.352. The summed E-state index contributed by atoms with van der Waals surface area (Å²) in [6.07, 6.45) is 11.5. The van der Waals surface area contributed by atoms with Crippen LogP contribution in [0.15, 0.2) is 55.2 Å². The Morgan fingerprint density at radius 2 is 1.74 bits per heavy atom. The zero-order chi connectivity index (χ0) is 22.0. The molecule has 0 amide bonds. The number of hydrogen-bond donors (Lipinski definition) is 0. The minimum absolute atomic E-state index is 0.00393. The van der Waals surface area contributed by atoms with Gasteiger partial charge in [-0.05, 0) is 68.1 Å². The van der Waals surface area contributed by atoms with Crippen LogP contribution in [0.5, 0.6) is 11.5 Å². The second-order valence-electron chi connectivity index (χ2n) is 8.42. The monoisotopic (exact) mass is 424 g/mol. The number of benzene rings is 2. The number of allylic oxidation sites excluding steroid dienone is 4. The van der Waals surface area contributed by atoms with Crippen LogP contribution >= 0.6 is 0 Å². The van der Waals surface area contributed by atoms with Crippen LogP contribution in [-0.4, -0.2) is 0 Å². The van der Waals surface area contributed by atoms with E-state index in [2.05, 4.69) is 19.2 Å². The van der Waals surface area contributed by atoms with Gasteiger partial charge in [0.05, 0.1) is 0 Å². The Kier molecular flexibility index (Phi) is 6.35. The van der Waals surface area contributed by atoms with Crippen molar-refractivity contribution in [3.8, 4) is 11.5 Å². The maximum absolute atomic E-state index is 14.9. The molecule has 2 aliphatic rings. The first-order valence-corrected chi connectivity index (χ1v) is 10.9. The number of halogens is 3. The lowest BCUT2D eigenvalue weighted by Gasteiger charge is -2.24. The molecule has 0 saturated heterocycles. The molecule has 0 spiro atoms. The molecule has 2 aromatic carbocycles. The fourth-order valence-electron chi connectivity index (χ4n) is 4.43. The molecule has 1 nitrogen and oxygen atoms in total. The number of ether oxygens (including phenoxy) is 1. The van der Waals surface area contributed by atoms with E-state index in [1.807, 2.05) is 12.1 Å². The first kappa shape index (κ1) is 21.5. The van der Waals surface area contributed by atoms with Crippen LogP contribution in [0.25, 0.3) is 0 Å². The van der Waals surface area contributed by atoms with Gasteiger partial charge in [-0.25, -0.2) is 8.78 Å². The van der Waals surface area contributed by atoms with Gasteiger partial charge in [0.2, 0.25) is 5.82 Å². The zero-order valence-corrected chi connectivity index (χ0v) is 17.7. The standard InChI is InChI=1S/C27H27F3O/c1-3-5-6-19-13-14-21-16-22-15-20(12-11-18-9-7-17(4-2)8-10-18)23(28)25(30)27(22)31-26(21)24(19)29/h3-4,9,13-15,17H,1-2,5-8,10-12,16H2. The van der Waals surface area contributed by atoms with Crippen LogP contribution in [0, 0.1) is 23.4 Å². The lowest BCUT2D eigenvalue weighted by molar-refractivity contribution is 0.377. The Balaban J connectivity index is 1.56. The molecule has 0 N–H and O–H groups in total. The first-order valence-electron chi connectivity index (χ1n) is 10.9. The van der Waals surface area contributed by atoms with Gasteiger partial charge in [-0.1, -0.05) is 35.9 Å². The van der Waals surface area contributed by atoms with Crippen molar-refractivity contribution in [1.82, 2.24) is 0 Å². The largest absolute Gasteiger partial charge is 0.450 e. The molecule has 1 aliphatic carbocycles. The molecule has 4 rings (SSSR count). The second kappa shape index (κ2) is 9.17. The van der Waals surface area contributed by atoms with Crippen molar-refractivity contribution in [2.24, 2.45) is 5.92 Å². The molecule has 1 heterocycles. The maximum Gasteiger partial charge on any atom is 0.201 e. The molecular formula is C27H27F3O. The summed E-state index contributed by atoms with van der Waals surface area (Å²) in [6, 6.07) is 5.22. The minimum atomic E-state index is -1.03. The highest BCUT2D eigenvalue weighted by Crippen LogP contribution is 2.42. The van der Waals surface area contributed by atoms with E-state index in [9.17, 15) is 13.2 Å². The highest BCUT2D eigenvalue weighted by atomic mass is 19.2. The summed E-state index contributed by atoms with van der Waals surface area (Å²) in [4.78, 5) is 0. The number of aryl methyl sites for hydroxylation is 2. The van der Waals surface area contributed by atoms with E-state index in [1.165, 1.54) is 5.57 Å². The van der Waals surface area contributed by atoms with Gasteiger partial charge in [-0.2, -0.15) is 4.39 Å². The van der Waals surface area contributed by atoms with E-state index in [1.54, 1.807) is 18.2 Å². The molecule has 1 atom stereocenters. The van der Waals surface area contributed by atoms with Crippen molar-refractivity contribution in [3.63, 3.8) is 0 Å². The zero-order valence-electron chi connectivity index (χ0n) is 17.7. The van der Waals surface area contributed by atoms with E-state index in [-0.39, 0.29) is 11.5 Å². The third-order valence-electron chi connectivity index (χ3n) is 6.37. The highest BCUT2D eigenvalue weighted by Gasteiger charge is 2.28. The molecule has 0 bridgehead atoms. The van der Waals surface area contributed by atoms with Gasteiger partial charge in [-0.3, -0.25) is 0 Å². The van der Waals surface area contributed by atoms with Crippen molar-refractivity contribution in [2.45, 2.75) is 51.4 Å². The van der Waals surface area contributed by atoms with Gasteiger partial charge in [0.1, 0.15) is 0 Å². The highest BCUT2D eigenvalue weighted by molar-refractivity contribution is 5.53. The van der Waals surface area contributed by atoms with Gasteiger partial charge in [0.15, 0.2) is 23.1 Å².